The average Bonchev–Trinajstić information content (AvgIpc) is 3.06. The maximum Gasteiger partial charge on any atom is 0.216 e. The van der Waals surface area contributed by atoms with Crippen molar-refractivity contribution < 1.29 is 23.7 Å². The lowest BCUT2D eigenvalue weighted by atomic mass is 9.96. The molecule has 4 aromatic carbocycles. The summed E-state index contributed by atoms with van der Waals surface area (Å²) >= 11 is 0. The van der Waals surface area contributed by atoms with E-state index in [-0.39, 0.29) is 19.1 Å². The number of ether oxygens (including phenoxy) is 4. The Kier molecular flexibility index (Phi) is 11.2. The van der Waals surface area contributed by atoms with Crippen LogP contribution in [0.2, 0.25) is 0 Å². The lowest BCUT2D eigenvalue weighted by Crippen LogP contribution is -2.30. The van der Waals surface area contributed by atoms with Crippen LogP contribution in [0.15, 0.2) is 78.9 Å². The van der Waals surface area contributed by atoms with Gasteiger partial charge in [-0.25, -0.2) is 0 Å². The Morgan fingerprint density at radius 1 is 0.773 bits per heavy atom. The molecule has 2 N–H and O–H groups in total. The molecule has 0 aliphatic rings. The Morgan fingerprint density at radius 3 is 2.34 bits per heavy atom. The van der Waals surface area contributed by atoms with Gasteiger partial charge in [0.15, 0.2) is 11.5 Å². The fraction of sp³-hybridized carbons (Fsp3) is 0.229. The van der Waals surface area contributed by atoms with Crippen molar-refractivity contribution in [3.05, 3.63) is 107 Å². The van der Waals surface area contributed by atoms with E-state index >= 15 is 0 Å². The van der Waals surface area contributed by atoms with Gasteiger partial charge in [-0.3, -0.25) is 4.79 Å². The summed E-state index contributed by atoms with van der Waals surface area (Å²) in [5, 5.41) is 25.4. The maximum absolute atomic E-state index is 11.2. The van der Waals surface area contributed by atoms with E-state index in [1.54, 1.807) is 26.4 Å². The van der Waals surface area contributed by atoms with Gasteiger partial charge in [0.05, 0.1) is 31.4 Å². The zero-order valence-electron chi connectivity index (χ0n) is 25.0. The predicted molar refractivity (Wildman–Crippen MR) is 166 cm³/mol. The quantitative estimate of drug-likeness (QED) is 0.185. The van der Waals surface area contributed by atoms with E-state index in [0.717, 1.165) is 27.8 Å². The van der Waals surface area contributed by atoms with E-state index < -0.39 is 0 Å². The number of carbonyl (C=O) groups excluding carboxylic acids is 1. The third kappa shape index (κ3) is 8.28. The minimum atomic E-state index is -0.0780. The molecule has 0 atom stereocenters. The summed E-state index contributed by atoms with van der Waals surface area (Å²) in [6.07, 6.45) is 0. The van der Waals surface area contributed by atoms with E-state index in [1.807, 2.05) is 66.7 Å². The van der Waals surface area contributed by atoms with Crippen LogP contribution in [0.5, 0.6) is 23.0 Å². The summed E-state index contributed by atoms with van der Waals surface area (Å²) < 4.78 is 23.2. The van der Waals surface area contributed by atoms with Crippen LogP contribution >= 0.6 is 0 Å². The number of hydrogen-bond acceptors (Lipinski definition) is 8. The molecule has 9 heteroatoms. The highest BCUT2D eigenvalue weighted by atomic mass is 16.5. The first-order chi connectivity index (χ1) is 21.4. The number of carbonyl (C=O) groups is 1. The van der Waals surface area contributed by atoms with E-state index in [1.165, 1.54) is 6.92 Å². The monoisotopic (exact) mass is 590 g/mol. The van der Waals surface area contributed by atoms with Crippen molar-refractivity contribution in [1.82, 2.24) is 10.6 Å². The minimum absolute atomic E-state index is 0.0780. The third-order valence-electron chi connectivity index (χ3n) is 6.83. The Balaban J connectivity index is 1.53. The first kappa shape index (κ1) is 31.4. The van der Waals surface area contributed by atoms with Crippen LogP contribution in [0.25, 0.3) is 11.1 Å². The zero-order valence-corrected chi connectivity index (χ0v) is 25.0. The van der Waals surface area contributed by atoms with Crippen LogP contribution in [0.1, 0.15) is 34.7 Å². The van der Waals surface area contributed by atoms with Crippen LogP contribution in [-0.4, -0.2) is 33.2 Å². The fourth-order valence-electron chi connectivity index (χ4n) is 4.60. The summed E-state index contributed by atoms with van der Waals surface area (Å²) in [7, 11) is 3.15. The molecule has 0 bridgehead atoms. The van der Waals surface area contributed by atoms with E-state index in [4.69, 9.17) is 18.9 Å². The van der Waals surface area contributed by atoms with Crippen LogP contribution in [0.4, 0.5) is 0 Å². The molecule has 0 saturated carbocycles. The normalized spacial score (nSPS) is 10.3. The Labute approximate surface area is 257 Å². The highest BCUT2D eigenvalue weighted by Crippen LogP contribution is 2.35. The molecule has 0 spiro atoms. The molecule has 0 aliphatic heterocycles. The van der Waals surface area contributed by atoms with Gasteiger partial charge in [0.2, 0.25) is 5.91 Å². The maximum atomic E-state index is 11.2. The average molecular weight is 591 g/mol. The highest BCUT2D eigenvalue weighted by Gasteiger charge is 2.14. The van der Waals surface area contributed by atoms with Gasteiger partial charge in [0, 0.05) is 43.8 Å². The van der Waals surface area contributed by atoms with Gasteiger partial charge in [0.1, 0.15) is 30.8 Å². The molecule has 1 amide bonds. The van der Waals surface area contributed by atoms with Gasteiger partial charge in [0.25, 0.3) is 0 Å². The van der Waals surface area contributed by atoms with E-state index in [2.05, 4.69) is 22.8 Å². The number of nitrogens with zero attached hydrogens (tertiary/aromatic N) is 2. The fourth-order valence-corrected chi connectivity index (χ4v) is 4.60. The van der Waals surface area contributed by atoms with Crippen molar-refractivity contribution in [2.75, 3.05) is 27.3 Å². The molecule has 0 aliphatic carbocycles. The number of hydrogen-bond donors (Lipinski definition) is 2. The third-order valence-corrected chi connectivity index (χ3v) is 6.83. The molecule has 4 rings (SSSR count). The molecule has 0 aromatic heterocycles. The number of rotatable bonds is 14. The topological polar surface area (TPSA) is 126 Å². The smallest absolute Gasteiger partial charge is 0.216 e. The first-order valence-corrected chi connectivity index (χ1v) is 14.0. The van der Waals surface area contributed by atoms with Crippen molar-refractivity contribution in [2.45, 2.75) is 26.7 Å². The molecular weight excluding hydrogens is 556 g/mol. The van der Waals surface area contributed by atoms with Gasteiger partial charge < -0.3 is 29.6 Å². The van der Waals surface area contributed by atoms with Crippen LogP contribution in [-0.2, 0) is 24.6 Å². The van der Waals surface area contributed by atoms with Crippen molar-refractivity contribution in [3.8, 4) is 46.3 Å². The number of methoxy groups -OCH3 is 2. The van der Waals surface area contributed by atoms with Gasteiger partial charge in [-0.2, -0.15) is 10.5 Å². The molecule has 44 heavy (non-hydrogen) atoms. The van der Waals surface area contributed by atoms with Crippen LogP contribution < -0.4 is 29.6 Å². The second kappa shape index (κ2) is 15.6. The Bertz CT molecular complexity index is 1690. The van der Waals surface area contributed by atoms with Crippen molar-refractivity contribution in [1.29, 1.82) is 10.5 Å². The lowest BCUT2D eigenvalue weighted by molar-refractivity contribution is -0.118. The number of nitriles is 2. The lowest BCUT2D eigenvalue weighted by Gasteiger charge is -2.16. The van der Waals surface area contributed by atoms with E-state index in [0.29, 0.717) is 53.8 Å². The second-order valence-electron chi connectivity index (χ2n) is 9.84. The van der Waals surface area contributed by atoms with Gasteiger partial charge in [-0.15, -0.1) is 0 Å². The Hall–Kier alpha value is -5.51. The van der Waals surface area contributed by atoms with Crippen molar-refractivity contribution in [2.24, 2.45) is 0 Å². The summed E-state index contributed by atoms with van der Waals surface area (Å²) in [6.45, 7) is 3.54. The minimum Gasteiger partial charge on any atom is -0.493 e. The van der Waals surface area contributed by atoms with E-state index in [9.17, 15) is 15.3 Å². The molecule has 0 radical (unpaired) electrons. The van der Waals surface area contributed by atoms with Gasteiger partial charge in [-0.1, -0.05) is 42.5 Å². The standard InChI is InChI=1S/C35H34N4O5/c1-24(40)39-15-14-38-21-28-10-12-30(18-34(28)44-22-26-7-4-6-25(16-26)19-36)43-23-29-8-5-9-31(32(29)20-37)27-11-13-33(41-2)35(17-27)42-3/h4-13,16-18,38H,14-15,21-23H2,1-3H3,(H,39,40). The van der Waals surface area contributed by atoms with Crippen LogP contribution in [0, 0.1) is 22.7 Å². The molecule has 0 saturated heterocycles. The number of benzene rings is 4. The molecule has 9 nitrogen and oxygen atoms in total. The summed E-state index contributed by atoms with van der Waals surface area (Å²) in [4.78, 5) is 11.2. The van der Waals surface area contributed by atoms with Gasteiger partial charge >= 0.3 is 0 Å². The zero-order chi connectivity index (χ0) is 31.3. The molecule has 0 heterocycles. The second-order valence-corrected chi connectivity index (χ2v) is 9.84. The summed E-state index contributed by atoms with van der Waals surface area (Å²) in [5.74, 6) is 2.30. The van der Waals surface area contributed by atoms with Crippen molar-refractivity contribution in [3.63, 3.8) is 0 Å². The number of nitrogens with one attached hydrogen (secondary N) is 2. The summed E-state index contributed by atoms with van der Waals surface area (Å²) in [6, 6.07) is 28.6. The van der Waals surface area contributed by atoms with Crippen molar-refractivity contribution >= 4 is 5.91 Å². The Morgan fingerprint density at radius 2 is 1.59 bits per heavy atom. The predicted octanol–water partition coefficient (Wildman–Crippen LogP) is 5.50. The van der Waals surface area contributed by atoms with Gasteiger partial charge in [-0.05, 0) is 47.0 Å². The molecule has 0 fully saturated rings. The molecule has 224 valence electrons. The van der Waals surface area contributed by atoms with Crippen LogP contribution in [0.3, 0.4) is 0 Å². The first-order valence-electron chi connectivity index (χ1n) is 14.0. The highest BCUT2D eigenvalue weighted by molar-refractivity contribution is 5.74. The summed E-state index contributed by atoms with van der Waals surface area (Å²) in [5.41, 5.74) is 5.17. The molecule has 0 unspecified atom stereocenters. The largest absolute Gasteiger partial charge is 0.493 e. The molecular formula is C35H34N4O5. The molecule has 4 aromatic rings. The SMILES string of the molecule is COc1ccc(-c2cccc(COc3ccc(CNCCNC(C)=O)c(OCc4cccc(C#N)c4)c3)c2C#N)cc1OC. The number of amides is 1.